The van der Waals surface area contributed by atoms with Gasteiger partial charge in [-0.1, -0.05) is 6.07 Å². The van der Waals surface area contributed by atoms with E-state index in [1.54, 1.807) is 31.4 Å². The Hall–Kier alpha value is -2.54. The summed E-state index contributed by atoms with van der Waals surface area (Å²) in [5.41, 5.74) is 2.42. The highest BCUT2D eigenvalue weighted by Gasteiger charge is 2.06. The monoisotopic (exact) mass is 270 g/mol. The van der Waals surface area contributed by atoms with E-state index in [0.717, 1.165) is 11.3 Å². The van der Waals surface area contributed by atoms with Crippen LogP contribution in [0.5, 0.6) is 5.75 Å². The van der Waals surface area contributed by atoms with Gasteiger partial charge in [-0.15, -0.1) is 0 Å². The lowest BCUT2D eigenvalue weighted by Gasteiger charge is -2.19. The fourth-order valence-corrected chi connectivity index (χ4v) is 2.00. The summed E-state index contributed by atoms with van der Waals surface area (Å²) in [5.74, 6) is 0.319. The number of hydrogen-bond acceptors (Lipinski definition) is 3. The minimum Gasteiger partial charge on any atom is -0.495 e. The van der Waals surface area contributed by atoms with Crippen LogP contribution in [0.2, 0.25) is 0 Å². The molecule has 0 aliphatic heterocycles. The summed E-state index contributed by atoms with van der Waals surface area (Å²) in [7, 11) is 3.46. The van der Waals surface area contributed by atoms with Crippen molar-refractivity contribution in [2.45, 2.75) is 6.54 Å². The third-order valence-electron chi connectivity index (χ3n) is 3.07. The number of benzene rings is 2. The molecule has 2 aromatic carbocycles. The molecule has 0 saturated heterocycles. The molecule has 2 rings (SSSR count). The Labute approximate surface area is 117 Å². The molecule has 20 heavy (non-hydrogen) atoms. The molecule has 0 unspecified atom stereocenters. The van der Waals surface area contributed by atoms with E-state index in [2.05, 4.69) is 6.07 Å². The summed E-state index contributed by atoms with van der Waals surface area (Å²) in [6.07, 6.45) is 0. The highest BCUT2D eigenvalue weighted by Crippen LogP contribution is 2.21. The third-order valence-corrected chi connectivity index (χ3v) is 3.07. The molecular formula is C16H15FN2O. The molecule has 4 heteroatoms. The van der Waals surface area contributed by atoms with Crippen molar-refractivity contribution in [1.29, 1.82) is 5.26 Å². The summed E-state index contributed by atoms with van der Waals surface area (Å²) >= 11 is 0. The van der Waals surface area contributed by atoms with E-state index < -0.39 is 0 Å². The zero-order valence-corrected chi connectivity index (χ0v) is 11.4. The maximum Gasteiger partial charge on any atom is 0.136 e. The predicted molar refractivity (Wildman–Crippen MR) is 76.2 cm³/mol. The molecule has 0 spiro atoms. The Morgan fingerprint density at radius 1 is 1.20 bits per heavy atom. The molecular weight excluding hydrogens is 255 g/mol. The summed E-state index contributed by atoms with van der Waals surface area (Å²) in [6.45, 7) is 0.629. The number of methoxy groups -OCH3 is 1. The first kappa shape index (κ1) is 13.9. The van der Waals surface area contributed by atoms with Crippen molar-refractivity contribution < 1.29 is 9.13 Å². The molecule has 102 valence electrons. The van der Waals surface area contributed by atoms with Gasteiger partial charge in [-0.3, -0.25) is 0 Å². The second-order valence-corrected chi connectivity index (χ2v) is 4.48. The van der Waals surface area contributed by atoms with Crippen LogP contribution in [0, 0.1) is 17.1 Å². The minimum absolute atomic E-state index is 0.252. The van der Waals surface area contributed by atoms with Crippen molar-refractivity contribution in [2.75, 3.05) is 19.1 Å². The lowest BCUT2D eigenvalue weighted by atomic mass is 10.1. The number of nitrogens with zero attached hydrogens (tertiary/aromatic N) is 2. The number of anilines is 1. The quantitative estimate of drug-likeness (QED) is 0.855. The third kappa shape index (κ3) is 3.07. The summed E-state index contributed by atoms with van der Waals surface area (Å²) in [4.78, 5) is 1.99. The average Bonchev–Trinajstić information content (AvgIpc) is 2.47. The van der Waals surface area contributed by atoms with Gasteiger partial charge in [0.1, 0.15) is 17.6 Å². The Bertz CT molecular complexity index is 632. The van der Waals surface area contributed by atoms with Crippen LogP contribution >= 0.6 is 0 Å². The van der Waals surface area contributed by atoms with Crippen LogP contribution in [-0.2, 0) is 6.54 Å². The van der Waals surface area contributed by atoms with Gasteiger partial charge in [0.05, 0.1) is 12.7 Å². The van der Waals surface area contributed by atoms with Crippen LogP contribution in [0.3, 0.4) is 0 Å². The van der Waals surface area contributed by atoms with Crippen LogP contribution in [-0.4, -0.2) is 14.2 Å². The average molecular weight is 270 g/mol. The van der Waals surface area contributed by atoms with Gasteiger partial charge in [-0.2, -0.15) is 5.26 Å². The highest BCUT2D eigenvalue weighted by molar-refractivity contribution is 5.49. The zero-order chi connectivity index (χ0) is 14.5. The van der Waals surface area contributed by atoms with Crippen LogP contribution in [0.4, 0.5) is 10.1 Å². The molecule has 3 nitrogen and oxygen atoms in total. The Balaban J connectivity index is 2.17. The molecule has 0 N–H and O–H groups in total. The van der Waals surface area contributed by atoms with Crippen molar-refractivity contribution in [3.8, 4) is 11.8 Å². The van der Waals surface area contributed by atoms with Crippen LogP contribution in [0.25, 0.3) is 0 Å². The SMILES string of the molecule is COc1ccc(CN(C)c2ccc(F)cc2)cc1C#N. The van der Waals surface area contributed by atoms with Gasteiger partial charge in [-0.05, 0) is 42.0 Å². The molecule has 0 fully saturated rings. The van der Waals surface area contributed by atoms with E-state index in [4.69, 9.17) is 10.00 Å². The number of ether oxygens (including phenoxy) is 1. The summed E-state index contributed by atoms with van der Waals surface area (Å²) in [6, 6.07) is 13.9. The first-order valence-electron chi connectivity index (χ1n) is 6.17. The van der Waals surface area contributed by atoms with Gasteiger partial charge in [-0.25, -0.2) is 4.39 Å². The van der Waals surface area contributed by atoms with Crippen molar-refractivity contribution in [3.63, 3.8) is 0 Å². The van der Waals surface area contributed by atoms with E-state index in [0.29, 0.717) is 17.9 Å². The number of rotatable bonds is 4. The molecule has 0 radical (unpaired) electrons. The largest absolute Gasteiger partial charge is 0.495 e. The number of halogens is 1. The smallest absolute Gasteiger partial charge is 0.136 e. The first-order valence-corrected chi connectivity index (χ1v) is 6.17. The van der Waals surface area contributed by atoms with Gasteiger partial charge in [0.2, 0.25) is 0 Å². The van der Waals surface area contributed by atoms with Crippen LogP contribution < -0.4 is 9.64 Å². The maximum absolute atomic E-state index is 12.9. The van der Waals surface area contributed by atoms with E-state index >= 15 is 0 Å². The van der Waals surface area contributed by atoms with Crippen molar-refractivity contribution in [2.24, 2.45) is 0 Å². The van der Waals surface area contributed by atoms with Crippen LogP contribution in [0.15, 0.2) is 42.5 Å². The first-order chi connectivity index (χ1) is 9.63. The molecule has 0 heterocycles. The Morgan fingerprint density at radius 2 is 1.90 bits per heavy atom. The van der Waals surface area contributed by atoms with Crippen LogP contribution in [0.1, 0.15) is 11.1 Å². The fourth-order valence-electron chi connectivity index (χ4n) is 2.00. The molecule has 2 aromatic rings. The highest BCUT2D eigenvalue weighted by atomic mass is 19.1. The zero-order valence-electron chi connectivity index (χ0n) is 11.4. The fraction of sp³-hybridized carbons (Fsp3) is 0.188. The second kappa shape index (κ2) is 6.07. The summed E-state index contributed by atoms with van der Waals surface area (Å²) in [5, 5.41) is 9.07. The lowest BCUT2D eigenvalue weighted by Crippen LogP contribution is -2.16. The standard InChI is InChI=1S/C16H15FN2O/c1-19(15-6-4-14(17)5-7-15)11-12-3-8-16(20-2)13(9-12)10-18/h3-9H,11H2,1-2H3. The minimum atomic E-state index is -0.252. The van der Waals surface area contributed by atoms with E-state index in [1.807, 2.05) is 18.0 Å². The van der Waals surface area contributed by atoms with Crippen molar-refractivity contribution in [1.82, 2.24) is 0 Å². The van der Waals surface area contributed by atoms with Gasteiger partial charge < -0.3 is 9.64 Å². The van der Waals surface area contributed by atoms with E-state index in [9.17, 15) is 4.39 Å². The molecule has 0 aromatic heterocycles. The molecule has 0 amide bonds. The van der Waals surface area contributed by atoms with Gasteiger partial charge in [0, 0.05) is 19.3 Å². The molecule has 0 atom stereocenters. The molecule has 0 aliphatic carbocycles. The second-order valence-electron chi connectivity index (χ2n) is 4.48. The van der Waals surface area contributed by atoms with Gasteiger partial charge in [0.15, 0.2) is 0 Å². The van der Waals surface area contributed by atoms with Crippen molar-refractivity contribution in [3.05, 3.63) is 59.4 Å². The Kier molecular flexibility index (Phi) is 4.21. The molecule has 0 saturated carbocycles. The lowest BCUT2D eigenvalue weighted by molar-refractivity contribution is 0.413. The predicted octanol–water partition coefficient (Wildman–Crippen LogP) is 3.34. The normalized spacial score (nSPS) is 9.90. The topological polar surface area (TPSA) is 36.3 Å². The maximum atomic E-state index is 12.9. The molecule has 0 bridgehead atoms. The summed E-state index contributed by atoms with van der Waals surface area (Å²) < 4.78 is 18.0. The Morgan fingerprint density at radius 3 is 2.50 bits per heavy atom. The van der Waals surface area contributed by atoms with Gasteiger partial charge >= 0.3 is 0 Å². The van der Waals surface area contributed by atoms with E-state index in [1.165, 1.54) is 12.1 Å². The van der Waals surface area contributed by atoms with Crippen molar-refractivity contribution >= 4 is 5.69 Å². The van der Waals surface area contributed by atoms with E-state index in [-0.39, 0.29) is 5.82 Å². The molecule has 0 aliphatic rings. The van der Waals surface area contributed by atoms with Gasteiger partial charge in [0.25, 0.3) is 0 Å². The number of nitriles is 1. The number of hydrogen-bond donors (Lipinski definition) is 0.